The smallest absolute Gasteiger partial charge is 0.329 e. The molecule has 2 aliphatic heterocycles. The van der Waals surface area contributed by atoms with Crippen molar-refractivity contribution in [2.24, 2.45) is 16.8 Å². The first kappa shape index (κ1) is 20.4. The molecule has 10 heteroatoms. The minimum atomic E-state index is -1.60. The number of carbonyl (C=O) groups is 4. The third-order valence-electron chi connectivity index (χ3n) is 5.81. The van der Waals surface area contributed by atoms with Crippen molar-refractivity contribution in [1.82, 2.24) is 0 Å². The maximum absolute atomic E-state index is 13.4. The number of imide groups is 1. The molecule has 32 heavy (non-hydrogen) atoms. The maximum atomic E-state index is 13.4. The molecule has 2 aromatic rings. The van der Waals surface area contributed by atoms with Gasteiger partial charge in [-0.3, -0.25) is 19.4 Å². The number of hydrogen-bond acceptors (Lipinski definition) is 6. The second-order valence-electron chi connectivity index (χ2n) is 7.51. The summed E-state index contributed by atoms with van der Waals surface area (Å²) in [5.41, 5.74) is 0.0117. The molecular weight excluding hydrogens is 459 g/mol. The normalized spacial score (nSPS) is 24.2. The number of ketones is 1. The number of anilines is 1. The lowest BCUT2D eigenvalue weighted by atomic mass is 9.85. The highest BCUT2D eigenvalue weighted by atomic mass is 35.5. The predicted molar refractivity (Wildman–Crippen MR) is 115 cm³/mol. The number of benzene rings is 2. The molecule has 1 saturated heterocycles. The lowest BCUT2D eigenvalue weighted by Crippen LogP contribution is -2.36. The average Bonchev–Trinajstić information content (AvgIpc) is 3.34. The Morgan fingerprint density at radius 2 is 1.69 bits per heavy atom. The number of aliphatic hydroxyl groups excluding tert-OH is 1. The number of fused-ring (bicyclic) bond motifs is 2. The van der Waals surface area contributed by atoms with Crippen molar-refractivity contribution in [2.75, 3.05) is 4.90 Å². The summed E-state index contributed by atoms with van der Waals surface area (Å²) >= 11 is 12.1. The Kier molecular flexibility index (Phi) is 4.47. The number of nitrogens with zero attached hydrogens (tertiary/aromatic N) is 2. The molecule has 8 nitrogen and oxygen atoms in total. The number of allylic oxidation sites excluding steroid dienone is 1. The molecule has 0 saturated carbocycles. The van der Waals surface area contributed by atoms with E-state index in [1.807, 2.05) is 0 Å². The van der Waals surface area contributed by atoms with Crippen LogP contribution in [0.3, 0.4) is 0 Å². The van der Waals surface area contributed by atoms with Gasteiger partial charge in [0, 0.05) is 16.1 Å². The number of carbonyl (C=O) groups excluding carboxylic acids is 3. The zero-order chi connectivity index (χ0) is 22.9. The lowest BCUT2D eigenvalue weighted by molar-refractivity contribution is -0.141. The van der Waals surface area contributed by atoms with Crippen LogP contribution in [0.4, 0.5) is 5.69 Å². The SMILES string of the molecule is O=C1C(C2=N[C@H](C(=O)O)[C@@H]3C(=O)N(c4ccc(Cl)cc4Cl)C(=O)[C@H]23)=C(O)c2ccccc21. The first-order valence-electron chi connectivity index (χ1n) is 9.43. The molecule has 2 heterocycles. The Hall–Kier alpha value is -3.49. The van der Waals surface area contributed by atoms with Gasteiger partial charge in [-0.1, -0.05) is 47.5 Å². The van der Waals surface area contributed by atoms with Crippen LogP contribution in [0.1, 0.15) is 15.9 Å². The monoisotopic (exact) mass is 470 g/mol. The molecule has 160 valence electrons. The van der Waals surface area contributed by atoms with E-state index >= 15 is 0 Å². The molecule has 1 aliphatic carbocycles. The summed E-state index contributed by atoms with van der Waals surface area (Å²) in [5, 5.41) is 20.7. The van der Waals surface area contributed by atoms with Crippen molar-refractivity contribution in [1.29, 1.82) is 0 Å². The van der Waals surface area contributed by atoms with Crippen LogP contribution in [0.2, 0.25) is 10.0 Å². The summed E-state index contributed by atoms with van der Waals surface area (Å²) in [5.74, 6) is -6.75. The summed E-state index contributed by atoms with van der Waals surface area (Å²) < 4.78 is 0. The third-order valence-corrected chi connectivity index (χ3v) is 6.35. The number of aliphatic carboxylic acids is 1. The molecule has 0 aromatic heterocycles. The first-order valence-corrected chi connectivity index (χ1v) is 10.2. The van der Waals surface area contributed by atoms with E-state index < -0.39 is 47.2 Å². The van der Waals surface area contributed by atoms with Gasteiger partial charge < -0.3 is 10.2 Å². The summed E-state index contributed by atoms with van der Waals surface area (Å²) in [6.07, 6.45) is 0. The molecule has 2 aromatic carbocycles. The third kappa shape index (κ3) is 2.66. The Morgan fingerprint density at radius 1 is 1.00 bits per heavy atom. The van der Waals surface area contributed by atoms with Gasteiger partial charge in [0.05, 0.1) is 33.8 Å². The molecule has 0 bridgehead atoms. The molecule has 0 radical (unpaired) electrons. The van der Waals surface area contributed by atoms with Gasteiger partial charge in [-0.05, 0) is 18.2 Å². The average molecular weight is 471 g/mol. The topological polar surface area (TPSA) is 124 Å². The zero-order valence-corrected chi connectivity index (χ0v) is 17.5. The van der Waals surface area contributed by atoms with Gasteiger partial charge in [0.15, 0.2) is 11.8 Å². The fourth-order valence-corrected chi connectivity index (χ4v) is 4.93. The van der Waals surface area contributed by atoms with E-state index in [0.29, 0.717) is 0 Å². The molecule has 5 rings (SSSR count). The van der Waals surface area contributed by atoms with Crippen LogP contribution < -0.4 is 4.90 Å². The van der Waals surface area contributed by atoms with E-state index in [0.717, 1.165) is 4.90 Å². The molecule has 0 spiro atoms. The van der Waals surface area contributed by atoms with Gasteiger partial charge in [-0.15, -0.1) is 0 Å². The number of carboxylic acids is 1. The van der Waals surface area contributed by atoms with E-state index in [4.69, 9.17) is 23.2 Å². The first-order chi connectivity index (χ1) is 15.2. The Labute approximate surface area is 190 Å². The molecule has 0 unspecified atom stereocenters. The van der Waals surface area contributed by atoms with Crippen molar-refractivity contribution < 1.29 is 29.4 Å². The van der Waals surface area contributed by atoms with E-state index in [1.165, 1.54) is 30.3 Å². The highest BCUT2D eigenvalue weighted by Crippen LogP contribution is 2.45. The minimum Gasteiger partial charge on any atom is -0.506 e. The number of halogens is 2. The summed E-state index contributed by atoms with van der Waals surface area (Å²) in [6.45, 7) is 0. The highest BCUT2D eigenvalue weighted by molar-refractivity contribution is 6.44. The Morgan fingerprint density at radius 3 is 2.31 bits per heavy atom. The summed E-state index contributed by atoms with van der Waals surface area (Å²) in [4.78, 5) is 56.3. The fraction of sp³-hybridized carbons (Fsp3) is 0.136. The van der Waals surface area contributed by atoms with Crippen molar-refractivity contribution in [3.63, 3.8) is 0 Å². The number of Topliss-reactive ketones (excluding diaryl/α,β-unsaturated/α-hetero) is 1. The quantitative estimate of drug-likeness (QED) is 0.663. The van der Waals surface area contributed by atoms with Crippen LogP contribution in [0.5, 0.6) is 0 Å². The van der Waals surface area contributed by atoms with Gasteiger partial charge in [-0.2, -0.15) is 0 Å². The fourth-order valence-electron chi connectivity index (χ4n) is 4.44. The van der Waals surface area contributed by atoms with E-state index in [1.54, 1.807) is 12.1 Å². The van der Waals surface area contributed by atoms with Crippen LogP contribution in [-0.2, 0) is 14.4 Å². The minimum absolute atomic E-state index is 0.0240. The van der Waals surface area contributed by atoms with Crippen LogP contribution in [0, 0.1) is 11.8 Å². The largest absolute Gasteiger partial charge is 0.506 e. The number of rotatable bonds is 3. The van der Waals surface area contributed by atoms with Crippen molar-refractivity contribution in [3.8, 4) is 0 Å². The number of aliphatic imine (C=N–C) groups is 1. The predicted octanol–water partition coefficient (Wildman–Crippen LogP) is 3.17. The van der Waals surface area contributed by atoms with Crippen molar-refractivity contribution in [2.45, 2.75) is 6.04 Å². The van der Waals surface area contributed by atoms with Crippen LogP contribution in [0.25, 0.3) is 5.76 Å². The second-order valence-corrected chi connectivity index (χ2v) is 8.35. The molecular formula is C22H12Cl2N2O6. The lowest BCUT2D eigenvalue weighted by Gasteiger charge is -2.18. The van der Waals surface area contributed by atoms with E-state index in [9.17, 15) is 29.4 Å². The molecule has 2 N–H and O–H groups in total. The standard InChI is InChI=1S/C22H12Cl2N2O6/c23-8-5-6-12(11(24)7-8)26-20(29)13-14(21(26)30)17(22(31)32)25-16(13)15-18(27)9-3-1-2-4-10(9)19(15)28/h1-7,13-14,17,27H,(H,31,32)/t13-,14+,17-/m0/s1. The van der Waals surface area contributed by atoms with E-state index in [2.05, 4.69) is 4.99 Å². The van der Waals surface area contributed by atoms with Gasteiger partial charge in [-0.25, -0.2) is 9.69 Å². The van der Waals surface area contributed by atoms with Crippen LogP contribution >= 0.6 is 23.2 Å². The second kappa shape index (κ2) is 7.01. The number of aliphatic hydroxyl groups is 1. The molecule has 3 aliphatic rings. The number of amides is 2. The summed E-state index contributed by atoms with van der Waals surface area (Å²) in [7, 11) is 0. The Bertz CT molecular complexity index is 1330. The number of carboxylic acid groups (broad SMARTS) is 1. The van der Waals surface area contributed by atoms with Gasteiger partial charge in [0.25, 0.3) is 0 Å². The van der Waals surface area contributed by atoms with Crippen molar-refractivity contribution in [3.05, 3.63) is 69.2 Å². The molecule has 3 atom stereocenters. The summed E-state index contributed by atoms with van der Waals surface area (Å²) in [6, 6.07) is 8.83. The van der Waals surface area contributed by atoms with Crippen molar-refractivity contribution >= 4 is 63.9 Å². The van der Waals surface area contributed by atoms with Crippen LogP contribution in [0.15, 0.2) is 53.0 Å². The zero-order valence-electron chi connectivity index (χ0n) is 16.0. The van der Waals surface area contributed by atoms with Gasteiger partial charge in [0.2, 0.25) is 11.8 Å². The molecule has 1 fully saturated rings. The van der Waals surface area contributed by atoms with E-state index in [-0.39, 0.29) is 38.1 Å². The van der Waals surface area contributed by atoms with Gasteiger partial charge in [0.1, 0.15) is 5.76 Å². The maximum Gasteiger partial charge on any atom is 0.329 e. The highest BCUT2D eigenvalue weighted by Gasteiger charge is 2.61. The Balaban J connectivity index is 1.65. The molecule has 2 amide bonds. The van der Waals surface area contributed by atoms with Gasteiger partial charge >= 0.3 is 5.97 Å². The number of hydrogen-bond donors (Lipinski definition) is 2. The van der Waals surface area contributed by atoms with Crippen LogP contribution in [-0.4, -0.2) is 45.5 Å².